The summed E-state index contributed by atoms with van der Waals surface area (Å²) in [6.07, 6.45) is 5.43. The molecule has 2 aromatic carbocycles. The molecule has 0 atom stereocenters. The Hall–Kier alpha value is -2.55. The first kappa shape index (κ1) is 24.1. The topological polar surface area (TPSA) is 57.5 Å². The van der Waals surface area contributed by atoms with Crippen molar-refractivity contribution in [2.24, 2.45) is 4.99 Å². The maximum atomic E-state index is 4.79. The van der Waals surface area contributed by atoms with Crippen LogP contribution in [0.3, 0.4) is 0 Å². The lowest BCUT2D eigenvalue weighted by Crippen LogP contribution is -2.38. The predicted octanol–water partition coefficient (Wildman–Crippen LogP) is 4.48. The van der Waals surface area contributed by atoms with Gasteiger partial charge < -0.3 is 20.1 Å². The van der Waals surface area contributed by atoms with E-state index in [4.69, 9.17) is 4.99 Å². The Morgan fingerprint density at radius 3 is 2.69 bits per heavy atom. The van der Waals surface area contributed by atoms with Crippen LogP contribution in [0.15, 0.2) is 65.7 Å². The molecule has 4 rings (SSSR count). The third kappa shape index (κ3) is 6.03. The van der Waals surface area contributed by atoms with Crippen molar-refractivity contribution in [1.82, 2.24) is 20.2 Å². The summed E-state index contributed by atoms with van der Waals surface area (Å²) < 4.78 is 2.29. The second-order valence-corrected chi connectivity index (χ2v) is 7.82. The molecule has 3 aromatic rings. The van der Waals surface area contributed by atoms with Crippen molar-refractivity contribution in [3.63, 3.8) is 0 Å². The fourth-order valence-corrected chi connectivity index (χ4v) is 3.97. The summed E-state index contributed by atoms with van der Waals surface area (Å²) in [4.78, 5) is 11.8. The number of hydrogen-bond donors (Lipinski definition) is 2. The number of benzene rings is 2. The monoisotopic (exact) mass is 544 g/mol. The molecule has 2 heterocycles. The fraction of sp³-hybridized carbons (Fsp3) is 0.360. The first-order chi connectivity index (χ1) is 15.2. The second-order valence-electron chi connectivity index (χ2n) is 7.82. The molecule has 170 valence electrons. The van der Waals surface area contributed by atoms with Gasteiger partial charge in [0, 0.05) is 38.4 Å². The summed E-state index contributed by atoms with van der Waals surface area (Å²) in [5.41, 5.74) is 4.75. The lowest BCUT2D eigenvalue weighted by molar-refractivity contribution is 0.624. The summed E-state index contributed by atoms with van der Waals surface area (Å²) in [6.45, 7) is 9.45. The summed E-state index contributed by atoms with van der Waals surface area (Å²) in [5.74, 6) is 1.93. The van der Waals surface area contributed by atoms with Crippen LogP contribution >= 0.6 is 24.0 Å². The number of nitrogens with zero attached hydrogens (tertiary/aromatic N) is 4. The van der Waals surface area contributed by atoms with Gasteiger partial charge in [0.05, 0.1) is 17.6 Å². The largest absolute Gasteiger partial charge is 0.364 e. The summed E-state index contributed by atoms with van der Waals surface area (Å²) >= 11 is 0. The smallest absolute Gasteiger partial charge is 0.191 e. The zero-order chi connectivity index (χ0) is 21.5. The minimum atomic E-state index is 0. The van der Waals surface area contributed by atoms with E-state index in [0.717, 1.165) is 56.4 Å². The number of fused-ring (bicyclic) bond motifs is 1. The molecule has 0 saturated carbocycles. The molecule has 1 aromatic heterocycles. The summed E-state index contributed by atoms with van der Waals surface area (Å²) in [5, 5.41) is 6.83. The lowest BCUT2D eigenvalue weighted by atomic mass is 10.2. The number of imidazole rings is 1. The summed E-state index contributed by atoms with van der Waals surface area (Å²) in [7, 11) is 0. The van der Waals surface area contributed by atoms with E-state index in [0.29, 0.717) is 6.54 Å². The maximum absolute atomic E-state index is 4.79. The molecule has 7 heteroatoms. The minimum absolute atomic E-state index is 0. The first-order valence-electron chi connectivity index (χ1n) is 11.2. The molecule has 1 aliphatic heterocycles. The number of rotatable bonds is 8. The number of para-hydroxylation sites is 2. The van der Waals surface area contributed by atoms with Crippen molar-refractivity contribution in [2.45, 2.75) is 33.4 Å². The highest BCUT2D eigenvalue weighted by Crippen LogP contribution is 2.19. The molecule has 0 saturated heterocycles. The number of aromatic nitrogens is 2. The Morgan fingerprint density at radius 1 is 1.06 bits per heavy atom. The number of aryl methyl sites for hydroxylation is 2. The van der Waals surface area contributed by atoms with Gasteiger partial charge in [-0.05, 0) is 50.1 Å². The van der Waals surface area contributed by atoms with Crippen LogP contribution in [-0.2, 0) is 13.1 Å². The van der Waals surface area contributed by atoms with Crippen LogP contribution in [-0.4, -0.2) is 41.7 Å². The van der Waals surface area contributed by atoms with E-state index in [1.807, 2.05) is 6.07 Å². The van der Waals surface area contributed by atoms with Crippen LogP contribution < -0.4 is 15.5 Å². The van der Waals surface area contributed by atoms with Crippen molar-refractivity contribution in [3.05, 3.63) is 72.1 Å². The number of nitrogens with one attached hydrogen (secondary N) is 2. The SMILES string of the molecule is CCNC(=NCc1cccc(N2CC=CC2)c1)NCCCn1c(C)nc2ccccc21.I. The molecule has 32 heavy (non-hydrogen) atoms. The van der Waals surface area contributed by atoms with E-state index in [9.17, 15) is 0 Å². The van der Waals surface area contributed by atoms with Crippen LogP contribution in [0.4, 0.5) is 5.69 Å². The average Bonchev–Trinajstić information content (AvgIpc) is 3.43. The Kier molecular flexibility index (Phi) is 8.96. The zero-order valence-corrected chi connectivity index (χ0v) is 21.3. The Morgan fingerprint density at radius 2 is 1.88 bits per heavy atom. The maximum Gasteiger partial charge on any atom is 0.191 e. The summed E-state index contributed by atoms with van der Waals surface area (Å²) in [6, 6.07) is 17.0. The molecule has 0 aliphatic carbocycles. The number of halogens is 1. The van der Waals surface area contributed by atoms with Gasteiger partial charge in [0.15, 0.2) is 5.96 Å². The highest BCUT2D eigenvalue weighted by molar-refractivity contribution is 14.0. The molecular weight excluding hydrogens is 511 g/mol. The molecular formula is C25H33IN6. The molecule has 1 aliphatic rings. The Balaban J connectivity index is 0.00000289. The molecule has 0 amide bonds. The van der Waals surface area contributed by atoms with Crippen LogP contribution in [0.2, 0.25) is 0 Å². The number of hydrogen-bond acceptors (Lipinski definition) is 3. The van der Waals surface area contributed by atoms with Gasteiger partial charge in [0.2, 0.25) is 0 Å². The van der Waals surface area contributed by atoms with Crippen LogP contribution in [0.1, 0.15) is 24.7 Å². The highest BCUT2D eigenvalue weighted by atomic mass is 127. The van der Waals surface area contributed by atoms with E-state index in [1.165, 1.54) is 16.8 Å². The van der Waals surface area contributed by atoms with Crippen LogP contribution in [0.5, 0.6) is 0 Å². The van der Waals surface area contributed by atoms with Gasteiger partial charge in [-0.15, -0.1) is 24.0 Å². The van der Waals surface area contributed by atoms with Gasteiger partial charge >= 0.3 is 0 Å². The predicted molar refractivity (Wildman–Crippen MR) is 145 cm³/mol. The van der Waals surface area contributed by atoms with Crippen molar-refractivity contribution in [3.8, 4) is 0 Å². The third-order valence-electron chi connectivity index (χ3n) is 5.55. The molecule has 0 fully saturated rings. The molecule has 6 nitrogen and oxygen atoms in total. The van der Waals surface area contributed by atoms with E-state index in [-0.39, 0.29) is 24.0 Å². The van der Waals surface area contributed by atoms with Gasteiger partial charge in [-0.25, -0.2) is 9.98 Å². The van der Waals surface area contributed by atoms with Crippen LogP contribution in [0.25, 0.3) is 11.0 Å². The molecule has 0 unspecified atom stereocenters. The quantitative estimate of drug-likeness (QED) is 0.144. The molecule has 0 spiro atoms. The van der Waals surface area contributed by atoms with Crippen molar-refractivity contribution in [1.29, 1.82) is 0 Å². The van der Waals surface area contributed by atoms with Crippen LogP contribution in [0, 0.1) is 6.92 Å². The minimum Gasteiger partial charge on any atom is -0.364 e. The van der Waals surface area contributed by atoms with Crippen molar-refractivity contribution < 1.29 is 0 Å². The van der Waals surface area contributed by atoms with E-state index >= 15 is 0 Å². The fourth-order valence-electron chi connectivity index (χ4n) is 3.97. The van der Waals surface area contributed by atoms with E-state index in [1.54, 1.807) is 0 Å². The molecule has 0 radical (unpaired) electrons. The normalized spacial score (nSPS) is 13.4. The molecule has 2 N–H and O–H groups in total. The average molecular weight is 544 g/mol. The second kappa shape index (κ2) is 11.9. The number of guanidine groups is 1. The number of anilines is 1. The van der Waals surface area contributed by atoms with Gasteiger partial charge in [0.1, 0.15) is 5.82 Å². The number of aliphatic imine (C=N–C) groups is 1. The highest BCUT2D eigenvalue weighted by Gasteiger charge is 2.08. The first-order valence-corrected chi connectivity index (χ1v) is 11.2. The third-order valence-corrected chi connectivity index (χ3v) is 5.55. The zero-order valence-electron chi connectivity index (χ0n) is 18.9. The van der Waals surface area contributed by atoms with Crippen molar-refractivity contribution in [2.75, 3.05) is 31.1 Å². The van der Waals surface area contributed by atoms with E-state index < -0.39 is 0 Å². The Labute approximate surface area is 207 Å². The standard InChI is InChI=1S/C25H32N6.HI/c1-3-26-25(28-19-21-10-8-11-22(18-21)30-15-6-7-16-30)27-14-9-17-31-20(2)29-23-12-4-5-13-24(23)31;/h4-8,10-13,18H,3,9,14-17,19H2,1-2H3,(H2,26,27,28);1H. The van der Waals surface area contributed by atoms with E-state index in [2.05, 4.69) is 93.5 Å². The van der Waals surface area contributed by atoms with Crippen molar-refractivity contribution >= 4 is 46.7 Å². The van der Waals surface area contributed by atoms with Gasteiger partial charge in [0.25, 0.3) is 0 Å². The van der Waals surface area contributed by atoms with Gasteiger partial charge in [-0.2, -0.15) is 0 Å². The molecule has 0 bridgehead atoms. The van der Waals surface area contributed by atoms with Gasteiger partial charge in [-0.1, -0.05) is 36.4 Å². The lowest BCUT2D eigenvalue weighted by Gasteiger charge is -2.18. The van der Waals surface area contributed by atoms with Gasteiger partial charge in [-0.3, -0.25) is 0 Å². The Bertz CT molecular complexity index is 1060.